The van der Waals surface area contributed by atoms with E-state index >= 15 is 0 Å². The topological polar surface area (TPSA) is 78.1 Å². The molecular weight excluding hydrogens is 374 g/mol. The zero-order valence-electron chi connectivity index (χ0n) is 16.1. The van der Waals surface area contributed by atoms with Crippen LogP contribution in [-0.2, 0) is 6.54 Å². The largest absolute Gasteiger partial charge is 0.497 e. The predicted octanol–water partition coefficient (Wildman–Crippen LogP) is 4.37. The van der Waals surface area contributed by atoms with Gasteiger partial charge in [-0.05, 0) is 46.8 Å². The molecule has 1 heterocycles. The molecule has 0 aliphatic heterocycles. The van der Waals surface area contributed by atoms with E-state index < -0.39 is 0 Å². The van der Waals surface area contributed by atoms with E-state index in [4.69, 9.17) is 19.9 Å². The van der Waals surface area contributed by atoms with E-state index in [-0.39, 0.29) is 0 Å². The Balaban J connectivity index is 1.67. The minimum atomic E-state index is 0.311. The van der Waals surface area contributed by atoms with Gasteiger partial charge in [0, 0.05) is 10.9 Å². The Hall–Kier alpha value is -3.19. The van der Waals surface area contributed by atoms with E-state index in [2.05, 4.69) is 21.8 Å². The van der Waals surface area contributed by atoms with Crippen molar-refractivity contribution in [3.63, 3.8) is 0 Å². The summed E-state index contributed by atoms with van der Waals surface area (Å²) < 4.78 is 15.8. The molecule has 0 saturated carbocycles. The van der Waals surface area contributed by atoms with Crippen LogP contribution in [0, 0.1) is 0 Å². The Kier molecular flexibility index (Phi) is 6.39. The maximum atomic E-state index is 6.05. The average Bonchev–Trinajstić information content (AvgIpc) is 3.21. The van der Waals surface area contributed by atoms with E-state index in [1.165, 1.54) is 0 Å². The average molecular weight is 398 g/mol. The highest BCUT2D eigenvalue weighted by molar-refractivity contribution is 7.10. The molecule has 3 N–H and O–H groups in total. The summed E-state index contributed by atoms with van der Waals surface area (Å²) in [6, 6.07) is 15.6. The summed E-state index contributed by atoms with van der Waals surface area (Å²) in [5, 5.41) is 5.18. The van der Waals surface area contributed by atoms with Crippen LogP contribution in [0.4, 0.5) is 5.69 Å². The van der Waals surface area contributed by atoms with Crippen molar-refractivity contribution in [2.45, 2.75) is 6.54 Å². The molecule has 2 aromatic carbocycles. The van der Waals surface area contributed by atoms with Gasteiger partial charge < -0.3 is 25.3 Å². The Bertz CT molecular complexity index is 952. The number of thiophene rings is 1. The fraction of sp³-hybridized carbons (Fsp3) is 0.190. The molecule has 7 heteroatoms. The third kappa shape index (κ3) is 4.75. The molecule has 0 bridgehead atoms. The zero-order chi connectivity index (χ0) is 19.9. The third-order valence-electron chi connectivity index (χ3n) is 4.15. The van der Waals surface area contributed by atoms with Crippen molar-refractivity contribution in [2.75, 3.05) is 26.6 Å². The van der Waals surface area contributed by atoms with Crippen LogP contribution >= 0.6 is 11.3 Å². The smallest absolute Gasteiger partial charge is 0.193 e. The lowest BCUT2D eigenvalue weighted by atomic mass is 10.1. The van der Waals surface area contributed by atoms with E-state index in [0.29, 0.717) is 29.7 Å². The van der Waals surface area contributed by atoms with Gasteiger partial charge in [-0.25, -0.2) is 4.99 Å². The molecule has 0 radical (unpaired) electrons. The quantitative estimate of drug-likeness (QED) is 0.457. The van der Waals surface area contributed by atoms with Gasteiger partial charge >= 0.3 is 0 Å². The number of benzene rings is 2. The highest BCUT2D eigenvalue weighted by atomic mass is 32.1. The van der Waals surface area contributed by atoms with Crippen LogP contribution in [0.3, 0.4) is 0 Å². The fourth-order valence-corrected chi connectivity index (χ4v) is 3.47. The summed E-state index contributed by atoms with van der Waals surface area (Å²) in [6.07, 6.45) is 0. The number of hydrogen-bond acceptors (Lipinski definition) is 5. The molecular formula is C21H23N3O3S. The first kappa shape index (κ1) is 19.6. The van der Waals surface area contributed by atoms with Crippen molar-refractivity contribution in [3.05, 3.63) is 58.8 Å². The van der Waals surface area contributed by atoms with Crippen molar-refractivity contribution in [3.8, 4) is 28.4 Å². The molecule has 3 aromatic rings. The van der Waals surface area contributed by atoms with Crippen molar-refractivity contribution >= 4 is 23.0 Å². The van der Waals surface area contributed by atoms with Gasteiger partial charge in [0.15, 0.2) is 5.96 Å². The van der Waals surface area contributed by atoms with Crippen molar-refractivity contribution in [1.29, 1.82) is 0 Å². The molecule has 0 unspecified atom stereocenters. The van der Waals surface area contributed by atoms with Crippen LogP contribution in [0.15, 0.2) is 58.9 Å². The molecule has 28 heavy (non-hydrogen) atoms. The van der Waals surface area contributed by atoms with Crippen LogP contribution in [0.2, 0.25) is 0 Å². The Morgan fingerprint density at radius 3 is 2.32 bits per heavy atom. The number of nitrogens with one attached hydrogen (secondary N) is 1. The molecule has 0 saturated heterocycles. The van der Waals surface area contributed by atoms with E-state index in [9.17, 15) is 0 Å². The zero-order valence-corrected chi connectivity index (χ0v) is 16.9. The molecule has 3 rings (SSSR count). The van der Waals surface area contributed by atoms with Gasteiger partial charge in [0.1, 0.15) is 17.2 Å². The normalized spacial score (nSPS) is 11.2. The monoisotopic (exact) mass is 397 g/mol. The van der Waals surface area contributed by atoms with Gasteiger partial charge in [-0.3, -0.25) is 0 Å². The second kappa shape index (κ2) is 9.14. The lowest BCUT2D eigenvalue weighted by Crippen LogP contribution is -2.22. The van der Waals surface area contributed by atoms with E-state index in [1.807, 2.05) is 42.5 Å². The summed E-state index contributed by atoms with van der Waals surface area (Å²) in [5.41, 5.74) is 9.04. The number of hydrogen-bond donors (Lipinski definition) is 2. The molecule has 0 aliphatic rings. The Morgan fingerprint density at radius 1 is 0.929 bits per heavy atom. The first-order valence-electron chi connectivity index (χ1n) is 8.63. The summed E-state index contributed by atoms with van der Waals surface area (Å²) >= 11 is 1.65. The minimum absolute atomic E-state index is 0.311. The van der Waals surface area contributed by atoms with Crippen LogP contribution < -0.4 is 25.3 Å². The van der Waals surface area contributed by atoms with Crippen LogP contribution in [-0.4, -0.2) is 27.3 Å². The lowest BCUT2D eigenvalue weighted by molar-refractivity contribution is 0.405. The SMILES string of the molecule is COc1ccc(-c2csc(CN=C(N)Nc3cc(OC)ccc3OC)c2)cc1. The molecule has 6 nitrogen and oxygen atoms in total. The first-order valence-corrected chi connectivity index (χ1v) is 9.51. The molecule has 0 atom stereocenters. The number of nitrogens with two attached hydrogens (primary N) is 1. The number of aliphatic imine (C=N–C) groups is 1. The second-order valence-electron chi connectivity index (χ2n) is 5.92. The maximum Gasteiger partial charge on any atom is 0.193 e. The molecule has 146 valence electrons. The van der Waals surface area contributed by atoms with Gasteiger partial charge in [-0.2, -0.15) is 0 Å². The number of guanidine groups is 1. The second-order valence-corrected chi connectivity index (χ2v) is 6.92. The summed E-state index contributed by atoms with van der Waals surface area (Å²) in [7, 11) is 4.88. The van der Waals surface area contributed by atoms with Gasteiger partial charge in [0.25, 0.3) is 0 Å². The molecule has 0 spiro atoms. The maximum absolute atomic E-state index is 6.05. The van der Waals surface area contributed by atoms with Crippen molar-refractivity contribution < 1.29 is 14.2 Å². The van der Waals surface area contributed by atoms with Gasteiger partial charge in [-0.1, -0.05) is 12.1 Å². The number of nitrogens with zero attached hydrogens (tertiary/aromatic N) is 1. The Morgan fingerprint density at radius 2 is 1.64 bits per heavy atom. The third-order valence-corrected chi connectivity index (χ3v) is 5.07. The predicted molar refractivity (Wildman–Crippen MR) is 115 cm³/mol. The molecule has 1 aromatic heterocycles. The van der Waals surface area contributed by atoms with E-state index in [1.54, 1.807) is 32.7 Å². The molecule has 0 fully saturated rings. The van der Waals surface area contributed by atoms with Crippen LogP contribution in [0.1, 0.15) is 4.88 Å². The summed E-state index contributed by atoms with van der Waals surface area (Å²) in [6.45, 7) is 0.492. The van der Waals surface area contributed by atoms with Crippen molar-refractivity contribution in [2.24, 2.45) is 10.7 Å². The summed E-state index contributed by atoms with van der Waals surface area (Å²) in [4.78, 5) is 5.55. The van der Waals surface area contributed by atoms with Crippen LogP contribution in [0.5, 0.6) is 17.2 Å². The molecule has 0 amide bonds. The van der Waals surface area contributed by atoms with Gasteiger partial charge in [-0.15, -0.1) is 11.3 Å². The number of ether oxygens (including phenoxy) is 3. The lowest BCUT2D eigenvalue weighted by Gasteiger charge is -2.12. The van der Waals surface area contributed by atoms with E-state index in [0.717, 1.165) is 21.8 Å². The minimum Gasteiger partial charge on any atom is -0.497 e. The first-order chi connectivity index (χ1) is 13.6. The number of anilines is 1. The van der Waals surface area contributed by atoms with Gasteiger partial charge in [0.2, 0.25) is 0 Å². The number of rotatable bonds is 7. The standard InChI is InChI=1S/C21H23N3O3S/c1-25-16-6-4-14(5-7-16)15-10-18(28-13-15)12-23-21(22)24-19-11-17(26-2)8-9-20(19)27-3/h4-11,13H,12H2,1-3H3,(H3,22,23,24). The Labute approximate surface area is 168 Å². The van der Waals surface area contributed by atoms with Gasteiger partial charge in [0.05, 0.1) is 33.6 Å². The van der Waals surface area contributed by atoms with Crippen LogP contribution in [0.25, 0.3) is 11.1 Å². The molecule has 0 aliphatic carbocycles. The fourth-order valence-electron chi connectivity index (χ4n) is 2.65. The summed E-state index contributed by atoms with van der Waals surface area (Å²) in [5.74, 6) is 2.52. The number of methoxy groups -OCH3 is 3. The highest BCUT2D eigenvalue weighted by Gasteiger charge is 2.07. The van der Waals surface area contributed by atoms with Crippen molar-refractivity contribution in [1.82, 2.24) is 0 Å². The highest BCUT2D eigenvalue weighted by Crippen LogP contribution is 2.29.